The topological polar surface area (TPSA) is 52.6 Å². The fraction of sp³-hybridized carbons (Fsp3) is 0.385. The molecule has 2 rings (SSSR count). The Morgan fingerprint density at radius 2 is 2.00 bits per heavy atom. The van der Waals surface area contributed by atoms with Gasteiger partial charge in [0.05, 0.1) is 24.2 Å². The highest BCUT2D eigenvalue weighted by molar-refractivity contribution is 7.86. The van der Waals surface area contributed by atoms with Gasteiger partial charge in [-0.1, -0.05) is 29.8 Å². The number of ether oxygens (including phenoxy) is 1. The van der Waals surface area contributed by atoms with Crippen molar-refractivity contribution in [1.82, 2.24) is 0 Å². The standard InChI is InChI=1S/C13H16O4S/c1-11-5-7-13(8-6-11)18(14,15)17-10-12-4-2-3-9-16-12/h2-3,5-8,12H,4,9-10H2,1H3/t12-/m0/s1. The van der Waals surface area contributed by atoms with Crippen LogP contribution >= 0.6 is 0 Å². The summed E-state index contributed by atoms with van der Waals surface area (Å²) in [6.07, 6.45) is 4.37. The summed E-state index contributed by atoms with van der Waals surface area (Å²) in [5.41, 5.74) is 1.01. The van der Waals surface area contributed by atoms with Crippen molar-refractivity contribution in [1.29, 1.82) is 0 Å². The summed E-state index contributed by atoms with van der Waals surface area (Å²) in [7, 11) is -3.68. The van der Waals surface area contributed by atoms with E-state index in [2.05, 4.69) is 0 Å². The van der Waals surface area contributed by atoms with Crippen LogP contribution in [-0.4, -0.2) is 27.7 Å². The molecule has 0 saturated heterocycles. The molecule has 1 atom stereocenters. The average Bonchev–Trinajstić information content (AvgIpc) is 2.38. The lowest BCUT2D eigenvalue weighted by atomic mass is 10.2. The van der Waals surface area contributed by atoms with E-state index >= 15 is 0 Å². The first-order valence-corrected chi connectivity index (χ1v) is 7.21. The summed E-state index contributed by atoms with van der Waals surface area (Å²) >= 11 is 0. The van der Waals surface area contributed by atoms with Gasteiger partial charge in [0, 0.05) is 0 Å². The molecule has 0 bridgehead atoms. The van der Waals surface area contributed by atoms with Gasteiger partial charge in [-0.25, -0.2) is 0 Å². The van der Waals surface area contributed by atoms with E-state index in [1.54, 1.807) is 24.3 Å². The highest BCUT2D eigenvalue weighted by atomic mass is 32.2. The van der Waals surface area contributed by atoms with Crippen molar-refractivity contribution in [2.24, 2.45) is 0 Å². The lowest BCUT2D eigenvalue weighted by Crippen LogP contribution is -2.24. The van der Waals surface area contributed by atoms with Crippen molar-refractivity contribution in [2.45, 2.75) is 24.3 Å². The van der Waals surface area contributed by atoms with Crippen molar-refractivity contribution >= 4 is 10.1 Å². The maximum atomic E-state index is 11.9. The minimum atomic E-state index is -3.68. The fourth-order valence-corrected chi connectivity index (χ4v) is 2.57. The van der Waals surface area contributed by atoms with Gasteiger partial charge in [0.1, 0.15) is 0 Å². The second-order valence-electron chi connectivity index (χ2n) is 4.21. The molecule has 0 unspecified atom stereocenters. The first kappa shape index (κ1) is 13.3. The van der Waals surface area contributed by atoms with Crippen molar-refractivity contribution in [3.63, 3.8) is 0 Å². The van der Waals surface area contributed by atoms with Crippen LogP contribution in [0.2, 0.25) is 0 Å². The molecule has 1 aromatic rings. The molecule has 0 spiro atoms. The quantitative estimate of drug-likeness (QED) is 0.619. The molecule has 0 aliphatic carbocycles. The van der Waals surface area contributed by atoms with E-state index in [0.29, 0.717) is 13.0 Å². The number of hydrogen-bond donors (Lipinski definition) is 0. The van der Waals surface area contributed by atoms with Gasteiger partial charge in [0.25, 0.3) is 10.1 Å². The van der Waals surface area contributed by atoms with Crippen molar-refractivity contribution in [2.75, 3.05) is 13.2 Å². The van der Waals surface area contributed by atoms with E-state index in [1.807, 2.05) is 19.1 Å². The largest absolute Gasteiger partial charge is 0.371 e. The first-order valence-electron chi connectivity index (χ1n) is 5.80. The Morgan fingerprint density at radius 1 is 1.28 bits per heavy atom. The summed E-state index contributed by atoms with van der Waals surface area (Å²) in [4.78, 5) is 0.180. The fourth-order valence-electron chi connectivity index (χ4n) is 1.63. The smallest absolute Gasteiger partial charge is 0.297 e. The Kier molecular flexibility index (Phi) is 4.16. The lowest BCUT2D eigenvalue weighted by Gasteiger charge is -2.18. The van der Waals surface area contributed by atoms with Crippen LogP contribution in [0.15, 0.2) is 41.3 Å². The molecule has 0 saturated carbocycles. The van der Waals surface area contributed by atoms with Gasteiger partial charge < -0.3 is 4.74 Å². The normalized spacial score (nSPS) is 19.9. The van der Waals surface area contributed by atoms with Crippen molar-refractivity contribution in [3.8, 4) is 0 Å². The Bertz CT molecular complexity index is 516. The zero-order valence-electron chi connectivity index (χ0n) is 10.2. The number of aryl methyl sites for hydroxylation is 1. The van der Waals surface area contributed by atoms with Crippen LogP contribution < -0.4 is 0 Å². The van der Waals surface area contributed by atoms with E-state index in [9.17, 15) is 8.42 Å². The first-order chi connectivity index (χ1) is 8.58. The SMILES string of the molecule is Cc1ccc(S(=O)(=O)OC[C@@H]2CC=CCO2)cc1. The molecule has 1 aliphatic heterocycles. The summed E-state index contributed by atoms with van der Waals surface area (Å²) < 4.78 is 34.1. The van der Waals surface area contributed by atoms with Gasteiger partial charge in [-0.15, -0.1) is 0 Å². The predicted octanol–water partition coefficient (Wildman–Crippen LogP) is 2.05. The maximum absolute atomic E-state index is 11.9. The molecule has 0 N–H and O–H groups in total. The monoisotopic (exact) mass is 268 g/mol. The third-order valence-corrected chi connectivity index (χ3v) is 4.01. The van der Waals surface area contributed by atoms with Gasteiger partial charge >= 0.3 is 0 Å². The molecule has 4 nitrogen and oxygen atoms in total. The predicted molar refractivity (Wildman–Crippen MR) is 67.8 cm³/mol. The third-order valence-electron chi connectivity index (χ3n) is 2.71. The Morgan fingerprint density at radius 3 is 2.61 bits per heavy atom. The van der Waals surface area contributed by atoms with Crippen LogP contribution in [0.3, 0.4) is 0 Å². The zero-order chi connectivity index (χ0) is 13.0. The molecule has 5 heteroatoms. The van der Waals surface area contributed by atoms with E-state index < -0.39 is 10.1 Å². The minimum Gasteiger partial charge on any atom is -0.371 e. The summed E-state index contributed by atoms with van der Waals surface area (Å²) in [5, 5.41) is 0. The van der Waals surface area contributed by atoms with Crippen LogP contribution in [-0.2, 0) is 19.0 Å². The Hall–Kier alpha value is -1.17. The van der Waals surface area contributed by atoms with Gasteiger partial charge in [-0.2, -0.15) is 8.42 Å². The molecule has 0 radical (unpaired) electrons. The van der Waals surface area contributed by atoms with E-state index in [-0.39, 0.29) is 17.6 Å². The second kappa shape index (κ2) is 5.65. The zero-order valence-corrected chi connectivity index (χ0v) is 11.0. The molecule has 0 fully saturated rings. The molecular weight excluding hydrogens is 252 g/mol. The Labute approximate surface area is 107 Å². The van der Waals surface area contributed by atoms with Crippen LogP contribution in [0.4, 0.5) is 0 Å². The molecule has 98 valence electrons. The van der Waals surface area contributed by atoms with Crippen LogP contribution in [0.25, 0.3) is 0 Å². The van der Waals surface area contributed by atoms with Crippen LogP contribution in [0, 0.1) is 6.92 Å². The average molecular weight is 268 g/mol. The molecule has 0 aromatic heterocycles. The molecule has 0 amide bonds. The van der Waals surface area contributed by atoms with Crippen molar-refractivity contribution < 1.29 is 17.3 Å². The van der Waals surface area contributed by atoms with Crippen molar-refractivity contribution in [3.05, 3.63) is 42.0 Å². The lowest BCUT2D eigenvalue weighted by molar-refractivity contribution is 0.0334. The molecule has 18 heavy (non-hydrogen) atoms. The highest BCUT2D eigenvalue weighted by Crippen LogP contribution is 2.15. The van der Waals surface area contributed by atoms with Crippen LogP contribution in [0.1, 0.15) is 12.0 Å². The van der Waals surface area contributed by atoms with E-state index in [0.717, 1.165) is 5.56 Å². The minimum absolute atomic E-state index is 0.0561. The molecule has 1 heterocycles. The second-order valence-corrected chi connectivity index (χ2v) is 5.83. The summed E-state index contributed by atoms with van der Waals surface area (Å²) in [6.45, 7) is 2.47. The maximum Gasteiger partial charge on any atom is 0.297 e. The molecule has 1 aliphatic rings. The van der Waals surface area contributed by atoms with Gasteiger partial charge in [0.15, 0.2) is 0 Å². The summed E-state index contributed by atoms with van der Waals surface area (Å²) in [5.74, 6) is 0. The highest BCUT2D eigenvalue weighted by Gasteiger charge is 2.19. The number of rotatable bonds is 4. The number of hydrogen-bond acceptors (Lipinski definition) is 4. The Balaban J connectivity index is 1.99. The van der Waals surface area contributed by atoms with E-state index in [4.69, 9.17) is 8.92 Å². The molecular formula is C13H16O4S. The number of benzene rings is 1. The van der Waals surface area contributed by atoms with Gasteiger partial charge in [-0.3, -0.25) is 4.18 Å². The molecule has 1 aromatic carbocycles. The van der Waals surface area contributed by atoms with Gasteiger partial charge in [-0.05, 0) is 25.5 Å². The van der Waals surface area contributed by atoms with Gasteiger partial charge in [0.2, 0.25) is 0 Å². The summed E-state index contributed by atoms with van der Waals surface area (Å²) in [6, 6.07) is 6.59. The third kappa shape index (κ3) is 3.41. The van der Waals surface area contributed by atoms with Crippen LogP contribution in [0.5, 0.6) is 0 Å². The van der Waals surface area contributed by atoms with E-state index in [1.165, 1.54) is 0 Å².